The molecule has 0 aliphatic carbocycles. The number of para-hydroxylation sites is 1. The number of hydrogen-bond donors (Lipinski definition) is 0. The number of piperidine rings is 1. The molecule has 28 heavy (non-hydrogen) atoms. The molecule has 1 aromatic heterocycles. The van der Waals surface area contributed by atoms with E-state index in [9.17, 15) is 14.4 Å². The number of benzene rings is 1. The summed E-state index contributed by atoms with van der Waals surface area (Å²) in [5, 5.41) is 0.733. The van der Waals surface area contributed by atoms with Crippen molar-refractivity contribution in [1.29, 1.82) is 0 Å². The van der Waals surface area contributed by atoms with Crippen LogP contribution < -0.4 is 5.63 Å². The van der Waals surface area contributed by atoms with Crippen molar-refractivity contribution in [3.8, 4) is 0 Å². The molecule has 1 aromatic carbocycles. The van der Waals surface area contributed by atoms with Crippen molar-refractivity contribution in [1.82, 2.24) is 9.80 Å². The van der Waals surface area contributed by atoms with Crippen molar-refractivity contribution in [2.75, 3.05) is 26.2 Å². The molecule has 2 aliphatic heterocycles. The Kier molecular flexibility index (Phi) is 5.46. The maximum absolute atomic E-state index is 12.9. The molecule has 2 aromatic rings. The summed E-state index contributed by atoms with van der Waals surface area (Å²) in [4.78, 5) is 41.6. The van der Waals surface area contributed by atoms with E-state index in [0.717, 1.165) is 31.3 Å². The maximum Gasteiger partial charge on any atom is 0.349 e. The Morgan fingerprint density at radius 2 is 1.57 bits per heavy atom. The summed E-state index contributed by atoms with van der Waals surface area (Å²) in [6.45, 7) is 2.71. The number of rotatable bonds is 2. The van der Waals surface area contributed by atoms with E-state index in [0.29, 0.717) is 31.5 Å². The highest BCUT2D eigenvalue weighted by molar-refractivity contribution is 5.96. The molecule has 2 fully saturated rings. The van der Waals surface area contributed by atoms with Crippen LogP contribution >= 0.6 is 0 Å². The fourth-order valence-electron chi connectivity index (χ4n) is 4.26. The standard InChI is InChI=1S/C22H26N2O4/c25-20(23-11-5-1-2-6-12-23)16-9-13-24(14-10-16)21(26)18-15-17-7-3-4-8-19(17)28-22(18)27/h3-4,7-8,15-16H,1-2,5-6,9-14H2. The minimum Gasteiger partial charge on any atom is -0.422 e. The van der Waals surface area contributed by atoms with Gasteiger partial charge in [-0.15, -0.1) is 0 Å². The second kappa shape index (κ2) is 8.17. The third kappa shape index (κ3) is 3.81. The summed E-state index contributed by atoms with van der Waals surface area (Å²) >= 11 is 0. The second-order valence-electron chi connectivity index (χ2n) is 7.79. The van der Waals surface area contributed by atoms with Gasteiger partial charge in [-0.3, -0.25) is 9.59 Å². The molecule has 3 heterocycles. The maximum atomic E-state index is 12.9. The van der Waals surface area contributed by atoms with Crippen LogP contribution in [-0.4, -0.2) is 47.8 Å². The lowest BCUT2D eigenvalue weighted by Gasteiger charge is -2.34. The first-order valence-electron chi connectivity index (χ1n) is 10.2. The van der Waals surface area contributed by atoms with Crippen LogP contribution in [0.15, 0.2) is 39.5 Å². The van der Waals surface area contributed by atoms with E-state index < -0.39 is 5.63 Å². The Labute approximate surface area is 164 Å². The molecular formula is C22H26N2O4. The largest absolute Gasteiger partial charge is 0.422 e. The third-order valence-electron chi connectivity index (χ3n) is 5.92. The van der Waals surface area contributed by atoms with Crippen LogP contribution in [0.1, 0.15) is 48.9 Å². The Bertz CT molecular complexity index is 920. The lowest BCUT2D eigenvalue weighted by atomic mass is 9.94. The van der Waals surface area contributed by atoms with Crippen LogP contribution in [0.5, 0.6) is 0 Å². The van der Waals surface area contributed by atoms with E-state index in [2.05, 4.69) is 0 Å². The molecule has 6 nitrogen and oxygen atoms in total. The van der Waals surface area contributed by atoms with E-state index in [-0.39, 0.29) is 23.3 Å². The SMILES string of the molecule is O=C(c1cc2ccccc2oc1=O)N1CCC(C(=O)N2CCCCCC2)CC1. The Morgan fingerprint density at radius 1 is 0.893 bits per heavy atom. The predicted molar refractivity (Wildman–Crippen MR) is 106 cm³/mol. The molecule has 4 rings (SSSR count). The summed E-state index contributed by atoms with van der Waals surface area (Å²) in [5.74, 6) is -0.0884. The highest BCUT2D eigenvalue weighted by atomic mass is 16.4. The van der Waals surface area contributed by atoms with Crippen molar-refractivity contribution < 1.29 is 14.0 Å². The van der Waals surface area contributed by atoms with Crippen molar-refractivity contribution in [2.24, 2.45) is 5.92 Å². The molecule has 6 heteroatoms. The molecule has 0 radical (unpaired) electrons. The smallest absolute Gasteiger partial charge is 0.349 e. The number of nitrogens with zero attached hydrogens (tertiary/aromatic N) is 2. The Hall–Kier alpha value is -2.63. The molecule has 2 amide bonds. The molecule has 0 N–H and O–H groups in total. The fourth-order valence-corrected chi connectivity index (χ4v) is 4.26. The number of carbonyl (C=O) groups is 2. The van der Waals surface area contributed by atoms with Gasteiger partial charge in [-0.25, -0.2) is 4.79 Å². The number of amides is 2. The summed E-state index contributed by atoms with van der Waals surface area (Å²) in [7, 11) is 0. The molecular weight excluding hydrogens is 356 g/mol. The molecule has 0 unspecified atom stereocenters. The lowest BCUT2D eigenvalue weighted by molar-refractivity contribution is -0.136. The molecule has 0 saturated carbocycles. The van der Waals surface area contributed by atoms with Crippen LogP contribution in [0.2, 0.25) is 0 Å². The zero-order chi connectivity index (χ0) is 19.5. The van der Waals surface area contributed by atoms with E-state index in [1.165, 1.54) is 12.8 Å². The first kappa shape index (κ1) is 18.7. The summed E-state index contributed by atoms with van der Waals surface area (Å²) in [6.07, 6.45) is 5.87. The van der Waals surface area contributed by atoms with Gasteiger partial charge in [-0.2, -0.15) is 0 Å². The summed E-state index contributed by atoms with van der Waals surface area (Å²) < 4.78 is 5.29. The van der Waals surface area contributed by atoms with Crippen molar-refractivity contribution >= 4 is 22.8 Å². The molecule has 0 spiro atoms. The average Bonchev–Trinajstić information content (AvgIpc) is 3.02. The highest BCUT2D eigenvalue weighted by Gasteiger charge is 2.31. The predicted octanol–water partition coefficient (Wildman–Crippen LogP) is 3.05. The van der Waals surface area contributed by atoms with Crippen LogP contribution in [0, 0.1) is 5.92 Å². The summed E-state index contributed by atoms with van der Waals surface area (Å²) in [5.41, 5.74) is -0.0618. The lowest BCUT2D eigenvalue weighted by Crippen LogP contribution is -2.45. The Balaban J connectivity index is 1.42. The zero-order valence-electron chi connectivity index (χ0n) is 16.1. The molecule has 2 saturated heterocycles. The monoisotopic (exact) mass is 382 g/mol. The minimum atomic E-state index is -0.605. The highest BCUT2D eigenvalue weighted by Crippen LogP contribution is 2.23. The van der Waals surface area contributed by atoms with Gasteiger partial charge in [0.15, 0.2) is 0 Å². The van der Waals surface area contributed by atoms with Crippen LogP contribution in [0.3, 0.4) is 0 Å². The molecule has 0 bridgehead atoms. The van der Waals surface area contributed by atoms with Gasteiger partial charge in [0.05, 0.1) is 0 Å². The number of fused-ring (bicyclic) bond motifs is 1. The van der Waals surface area contributed by atoms with Crippen molar-refractivity contribution in [3.63, 3.8) is 0 Å². The number of hydrogen-bond acceptors (Lipinski definition) is 4. The average molecular weight is 382 g/mol. The third-order valence-corrected chi connectivity index (χ3v) is 5.92. The van der Waals surface area contributed by atoms with Gasteiger partial charge >= 0.3 is 5.63 Å². The fraction of sp³-hybridized carbons (Fsp3) is 0.500. The van der Waals surface area contributed by atoms with Gasteiger partial charge in [-0.1, -0.05) is 31.0 Å². The van der Waals surface area contributed by atoms with E-state index in [1.807, 2.05) is 17.0 Å². The van der Waals surface area contributed by atoms with E-state index in [1.54, 1.807) is 23.1 Å². The zero-order valence-corrected chi connectivity index (χ0v) is 16.1. The Morgan fingerprint density at radius 3 is 2.29 bits per heavy atom. The number of carbonyl (C=O) groups excluding carboxylic acids is 2. The van der Waals surface area contributed by atoms with E-state index >= 15 is 0 Å². The minimum absolute atomic E-state index is 0.0184. The van der Waals surface area contributed by atoms with Gasteiger partial charge in [0.1, 0.15) is 11.1 Å². The summed E-state index contributed by atoms with van der Waals surface area (Å²) in [6, 6.07) is 8.78. The molecule has 0 atom stereocenters. The molecule has 148 valence electrons. The first-order valence-corrected chi connectivity index (χ1v) is 10.2. The van der Waals surface area contributed by atoms with Crippen molar-refractivity contribution in [3.05, 3.63) is 46.3 Å². The quantitative estimate of drug-likeness (QED) is 0.749. The topological polar surface area (TPSA) is 70.8 Å². The van der Waals surface area contributed by atoms with Gasteiger partial charge in [0.25, 0.3) is 5.91 Å². The normalized spacial score (nSPS) is 18.9. The van der Waals surface area contributed by atoms with Gasteiger partial charge < -0.3 is 14.2 Å². The van der Waals surface area contributed by atoms with Gasteiger partial charge in [0, 0.05) is 37.5 Å². The van der Waals surface area contributed by atoms with Crippen LogP contribution in [-0.2, 0) is 4.79 Å². The van der Waals surface area contributed by atoms with Crippen LogP contribution in [0.4, 0.5) is 0 Å². The van der Waals surface area contributed by atoms with E-state index in [4.69, 9.17) is 4.42 Å². The van der Waals surface area contributed by atoms with Gasteiger partial charge in [0.2, 0.25) is 5.91 Å². The van der Waals surface area contributed by atoms with Gasteiger partial charge in [-0.05, 0) is 37.8 Å². The number of likely N-dealkylation sites (tertiary alicyclic amines) is 2. The molecule has 2 aliphatic rings. The van der Waals surface area contributed by atoms with Crippen molar-refractivity contribution in [2.45, 2.75) is 38.5 Å². The van der Waals surface area contributed by atoms with Crippen LogP contribution in [0.25, 0.3) is 11.0 Å². The second-order valence-corrected chi connectivity index (χ2v) is 7.79. The first-order chi connectivity index (χ1) is 13.6.